The van der Waals surface area contributed by atoms with Crippen LogP contribution in [-0.4, -0.2) is 59.8 Å². The number of halogens is 2. The van der Waals surface area contributed by atoms with Crippen LogP contribution in [0.2, 0.25) is 0 Å². The monoisotopic (exact) mass is 268 g/mol. The quantitative estimate of drug-likeness (QED) is 0.881. The number of aliphatic hydroxyl groups excluding tert-OH is 1. The van der Waals surface area contributed by atoms with Crippen molar-refractivity contribution in [2.75, 3.05) is 32.7 Å². The standard InChI is InChI=1S/C14H18F2N2O/c15-11-1-2-12(16)10(7-11)8-14(19)13-9-17-3-5-18(13)6-4-17/h1-2,7,13-14,19H,3-6,8-9H2. The van der Waals surface area contributed by atoms with Gasteiger partial charge in [0, 0.05) is 45.2 Å². The van der Waals surface area contributed by atoms with Gasteiger partial charge in [0.15, 0.2) is 0 Å². The van der Waals surface area contributed by atoms with Crippen molar-refractivity contribution in [3.05, 3.63) is 35.4 Å². The minimum absolute atomic E-state index is 0.0326. The third-order valence-corrected chi connectivity index (χ3v) is 4.20. The molecule has 0 amide bonds. The Morgan fingerprint density at radius 3 is 2.58 bits per heavy atom. The molecule has 5 heteroatoms. The lowest BCUT2D eigenvalue weighted by Gasteiger charge is -2.49. The van der Waals surface area contributed by atoms with E-state index in [0.29, 0.717) is 0 Å². The predicted molar refractivity (Wildman–Crippen MR) is 67.9 cm³/mol. The molecule has 19 heavy (non-hydrogen) atoms. The molecule has 3 saturated heterocycles. The summed E-state index contributed by atoms with van der Waals surface area (Å²) in [6.45, 7) is 4.80. The van der Waals surface area contributed by atoms with E-state index < -0.39 is 17.7 Å². The maximum atomic E-state index is 13.6. The van der Waals surface area contributed by atoms with Gasteiger partial charge in [0.1, 0.15) is 11.6 Å². The highest BCUT2D eigenvalue weighted by atomic mass is 19.1. The zero-order valence-corrected chi connectivity index (χ0v) is 10.7. The van der Waals surface area contributed by atoms with Gasteiger partial charge in [-0.25, -0.2) is 8.78 Å². The van der Waals surface area contributed by atoms with Crippen LogP contribution in [0.25, 0.3) is 0 Å². The summed E-state index contributed by atoms with van der Waals surface area (Å²) in [4.78, 5) is 4.57. The first-order chi connectivity index (χ1) is 9.13. The molecule has 2 atom stereocenters. The topological polar surface area (TPSA) is 26.7 Å². The summed E-state index contributed by atoms with van der Waals surface area (Å²) in [5, 5.41) is 10.3. The highest BCUT2D eigenvalue weighted by molar-refractivity contribution is 5.20. The lowest BCUT2D eigenvalue weighted by atomic mass is 9.96. The van der Waals surface area contributed by atoms with Gasteiger partial charge >= 0.3 is 0 Å². The van der Waals surface area contributed by atoms with E-state index in [1.807, 2.05) is 0 Å². The summed E-state index contributed by atoms with van der Waals surface area (Å²) in [5.41, 5.74) is 0.255. The molecular weight excluding hydrogens is 250 g/mol. The number of fused-ring (bicyclic) bond motifs is 3. The van der Waals surface area contributed by atoms with Crippen LogP contribution >= 0.6 is 0 Å². The maximum Gasteiger partial charge on any atom is 0.126 e. The third kappa shape index (κ3) is 2.63. The van der Waals surface area contributed by atoms with Crippen molar-refractivity contribution in [3.8, 4) is 0 Å². The normalized spacial score (nSPS) is 31.4. The molecule has 1 N–H and O–H groups in total. The fraction of sp³-hybridized carbons (Fsp3) is 0.571. The SMILES string of the molecule is OC(Cc1cc(F)ccc1F)C1CN2CCN1CC2. The summed E-state index contributed by atoms with van der Waals surface area (Å²) in [6.07, 6.45) is -0.488. The summed E-state index contributed by atoms with van der Waals surface area (Å²) in [5.74, 6) is -0.908. The average molecular weight is 268 g/mol. The van der Waals surface area contributed by atoms with Gasteiger partial charge in [0.25, 0.3) is 0 Å². The van der Waals surface area contributed by atoms with Crippen LogP contribution in [-0.2, 0) is 6.42 Å². The van der Waals surface area contributed by atoms with E-state index in [1.54, 1.807) is 0 Å². The Morgan fingerprint density at radius 1 is 1.21 bits per heavy atom. The zero-order valence-electron chi connectivity index (χ0n) is 10.7. The van der Waals surface area contributed by atoms with Crippen LogP contribution in [0.1, 0.15) is 5.56 Å². The van der Waals surface area contributed by atoms with Crippen molar-refractivity contribution < 1.29 is 13.9 Å². The van der Waals surface area contributed by atoms with Crippen molar-refractivity contribution in [2.24, 2.45) is 0 Å². The first kappa shape index (κ1) is 13.0. The summed E-state index contributed by atoms with van der Waals surface area (Å²) < 4.78 is 26.7. The third-order valence-electron chi connectivity index (χ3n) is 4.20. The Hall–Kier alpha value is -1.04. The minimum Gasteiger partial charge on any atom is -0.391 e. The van der Waals surface area contributed by atoms with Gasteiger partial charge in [-0.15, -0.1) is 0 Å². The number of benzene rings is 1. The van der Waals surface area contributed by atoms with E-state index in [0.717, 1.165) is 44.9 Å². The molecule has 3 nitrogen and oxygen atoms in total. The van der Waals surface area contributed by atoms with Crippen LogP contribution < -0.4 is 0 Å². The largest absolute Gasteiger partial charge is 0.391 e. The van der Waals surface area contributed by atoms with Crippen molar-refractivity contribution in [1.82, 2.24) is 9.80 Å². The maximum absolute atomic E-state index is 13.6. The van der Waals surface area contributed by atoms with E-state index in [9.17, 15) is 13.9 Å². The lowest BCUT2D eigenvalue weighted by Crippen LogP contribution is -2.64. The second-order valence-corrected chi connectivity index (χ2v) is 5.41. The molecule has 1 aromatic rings. The lowest BCUT2D eigenvalue weighted by molar-refractivity contribution is -0.0455. The molecule has 0 saturated carbocycles. The molecule has 104 valence electrons. The molecule has 0 aromatic heterocycles. The van der Waals surface area contributed by atoms with Crippen molar-refractivity contribution in [1.29, 1.82) is 0 Å². The van der Waals surface area contributed by atoms with Crippen LogP contribution in [0.5, 0.6) is 0 Å². The van der Waals surface area contributed by atoms with Crippen molar-refractivity contribution >= 4 is 0 Å². The van der Waals surface area contributed by atoms with E-state index in [4.69, 9.17) is 0 Å². The molecule has 0 aliphatic carbocycles. The highest BCUT2D eigenvalue weighted by Crippen LogP contribution is 2.21. The van der Waals surface area contributed by atoms with Gasteiger partial charge in [-0.1, -0.05) is 0 Å². The van der Waals surface area contributed by atoms with Crippen molar-refractivity contribution in [2.45, 2.75) is 18.6 Å². The minimum atomic E-state index is -0.653. The smallest absolute Gasteiger partial charge is 0.126 e. The van der Waals surface area contributed by atoms with Gasteiger partial charge in [0.2, 0.25) is 0 Å². The fourth-order valence-electron chi connectivity index (χ4n) is 3.08. The molecule has 3 aliphatic heterocycles. The average Bonchev–Trinajstić information content (AvgIpc) is 2.44. The number of hydrogen-bond acceptors (Lipinski definition) is 3. The van der Waals surface area contributed by atoms with Crippen molar-refractivity contribution in [3.63, 3.8) is 0 Å². The van der Waals surface area contributed by atoms with E-state index in [-0.39, 0.29) is 18.0 Å². The Bertz CT molecular complexity index is 461. The molecule has 0 radical (unpaired) electrons. The van der Waals surface area contributed by atoms with Gasteiger partial charge in [0.05, 0.1) is 6.10 Å². The van der Waals surface area contributed by atoms with Crippen LogP contribution in [0.4, 0.5) is 8.78 Å². The Labute approximate surface area is 111 Å². The predicted octanol–water partition coefficient (Wildman–Crippen LogP) is 0.868. The van der Waals surface area contributed by atoms with Gasteiger partial charge in [-0.3, -0.25) is 9.80 Å². The fourth-order valence-corrected chi connectivity index (χ4v) is 3.08. The molecular formula is C14H18F2N2O. The summed E-state index contributed by atoms with van der Waals surface area (Å²) in [6, 6.07) is 3.43. The summed E-state index contributed by atoms with van der Waals surface area (Å²) in [7, 11) is 0. The zero-order chi connectivity index (χ0) is 13.4. The molecule has 2 bridgehead atoms. The molecule has 3 aliphatic rings. The summed E-state index contributed by atoms with van der Waals surface area (Å²) >= 11 is 0. The van der Waals surface area contributed by atoms with Crippen LogP contribution in [0, 0.1) is 11.6 Å². The number of piperazine rings is 3. The molecule has 2 unspecified atom stereocenters. The number of nitrogens with zero attached hydrogens (tertiary/aromatic N) is 2. The van der Waals surface area contributed by atoms with Gasteiger partial charge < -0.3 is 5.11 Å². The van der Waals surface area contributed by atoms with Gasteiger partial charge in [-0.05, 0) is 23.8 Å². The molecule has 1 aromatic carbocycles. The van der Waals surface area contributed by atoms with E-state index >= 15 is 0 Å². The number of hydrogen-bond donors (Lipinski definition) is 1. The second kappa shape index (κ2) is 5.15. The Balaban J connectivity index is 1.71. The molecule has 3 fully saturated rings. The Kier molecular flexibility index (Phi) is 3.52. The second-order valence-electron chi connectivity index (χ2n) is 5.41. The van der Waals surface area contributed by atoms with Gasteiger partial charge in [-0.2, -0.15) is 0 Å². The molecule has 0 spiro atoms. The number of aliphatic hydroxyl groups is 1. The number of rotatable bonds is 3. The van der Waals surface area contributed by atoms with E-state index in [1.165, 1.54) is 6.07 Å². The highest BCUT2D eigenvalue weighted by Gasteiger charge is 2.36. The van der Waals surface area contributed by atoms with Crippen LogP contribution in [0.15, 0.2) is 18.2 Å². The molecule has 3 heterocycles. The van der Waals surface area contributed by atoms with E-state index in [2.05, 4.69) is 9.80 Å². The molecule has 4 rings (SSSR count). The van der Waals surface area contributed by atoms with Crippen LogP contribution in [0.3, 0.4) is 0 Å². The Morgan fingerprint density at radius 2 is 1.95 bits per heavy atom. The first-order valence-corrected chi connectivity index (χ1v) is 6.72. The first-order valence-electron chi connectivity index (χ1n) is 6.72.